The van der Waals surface area contributed by atoms with Crippen molar-refractivity contribution in [2.75, 3.05) is 0 Å². The molecule has 0 spiro atoms. The molecule has 3 saturated carbocycles. The maximum absolute atomic E-state index is 12.9. The number of fused-ring (bicyclic) bond motifs is 1. The lowest BCUT2D eigenvalue weighted by Gasteiger charge is -2.56. The molecule has 2 amide bonds. The zero-order chi connectivity index (χ0) is 23.6. The molecule has 0 radical (unpaired) electrons. The number of amides is 2. The number of aliphatic hydroxyl groups excluding tert-OH is 1. The van der Waals surface area contributed by atoms with Crippen LogP contribution in [-0.2, 0) is 16.1 Å². The summed E-state index contributed by atoms with van der Waals surface area (Å²) < 4.78 is 5.32. The Morgan fingerprint density at radius 1 is 1.18 bits per heavy atom. The van der Waals surface area contributed by atoms with Crippen LogP contribution in [0.3, 0.4) is 0 Å². The zero-order valence-electron chi connectivity index (χ0n) is 20.5. The van der Waals surface area contributed by atoms with Crippen molar-refractivity contribution in [3.05, 3.63) is 24.2 Å². The molecule has 7 atom stereocenters. The summed E-state index contributed by atoms with van der Waals surface area (Å²) in [4.78, 5) is 25.8. The topological polar surface area (TPSA) is 91.6 Å². The highest BCUT2D eigenvalue weighted by molar-refractivity contribution is 5.79. The fraction of sp³-hybridized carbons (Fsp3) is 0.778. The van der Waals surface area contributed by atoms with Gasteiger partial charge in [-0.25, -0.2) is 0 Å². The third-order valence-corrected chi connectivity index (χ3v) is 9.26. The Hall–Kier alpha value is -1.82. The van der Waals surface area contributed by atoms with Gasteiger partial charge >= 0.3 is 0 Å². The number of nitrogens with one attached hydrogen (secondary N) is 2. The van der Waals surface area contributed by atoms with E-state index in [-0.39, 0.29) is 52.9 Å². The van der Waals surface area contributed by atoms with Crippen LogP contribution < -0.4 is 10.6 Å². The maximum atomic E-state index is 12.9. The van der Waals surface area contributed by atoms with Crippen molar-refractivity contribution < 1.29 is 19.1 Å². The van der Waals surface area contributed by atoms with Gasteiger partial charge < -0.3 is 20.2 Å². The van der Waals surface area contributed by atoms with Crippen LogP contribution in [0, 0.1) is 35.0 Å². The third kappa shape index (κ3) is 5.16. The average Bonchev–Trinajstić information content (AvgIpc) is 3.33. The first-order chi connectivity index (χ1) is 15.8. The number of rotatable bonds is 6. The third-order valence-electron chi connectivity index (χ3n) is 9.26. The number of furan rings is 1. The van der Waals surface area contributed by atoms with Gasteiger partial charge in [-0.1, -0.05) is 40.0 Å². The first kappa shape index (κ1) is 24.3. The van der Waals surface area contributed by atoms with Crippen molar-refractivity contribution in [2.45, 2.75) is 97.2 Å². The minimum Gasteiger partial charge on any atom is -0.467 e. The summed E-state index contributed by atoms with van der Waals surface area (Å²) in [6, 6.07) is 3.76. The summed E-state index contributed by atoms with van der Waals surface area (Å²) in [7, 11) is 0. The molecule has 1 aromatic rings. The Morgan fingerprint density at radius 2 is 1.91 bits per heavy atom. The molecule has 0 aromatic carbocycles. The first-order valence-corrected chi connectivity index (χ1v) is 13.1. The second-order valence-corrected chi connectivity index (χ2v) is 11.3. The Balaban J connectivity index is 1.40. The fourth-order valence-electron chi connectivity index (χ4n) is 7.11. The van der Waals surface area contributed by atoms with Crippen LogP contribution >= 0.6 is 0 Å². The minimum absolute atomic E-state index is 0.0373. The second-order valence-electron chi connectivity index (χ2n) is 11.3. The van der Waals surface area contributed by atoms with E-state index in [0.717, 1.165) is 57.1 Å². The van der Waals surface area contributed by atoms with E-state index in [1.165, 1.54) is 6.42 Å². The fourth-order valence-corrected chi connectivity index (χ4v) is 7.11. The highest BCUT2D eigenvalue weighted by atomic mass is 16.3. The lowest BCUT2D eigenvalue weighted by Crippen LogP contribution is -2.59. The van der Waals surface area contributed by atoms with Gasteiger partial charge in [-0.05, 0) is 73.8 Å². The molecule has 6 heteroatoms. The highest BCUT2D eigenvalue weighted by Crippen LogP contribution is 2.55. The van der Waals surface area contributed by atoms with E-state index in [4.69, 9.17) is 4.42 Å². The quantitative estimate of drug-likeness (QED) is 0.588. The number of aliphatic hydroxyl groups is 1. The van der Waals surface area contributed by atoms with Crippen LogP contribution in [0.15, 0.2) is 22.8 Å². The molecular formula is C27H42N2O4. The molecule has 33 heavy (non-hydrogen) atoms. The van der Waals surface area contributed by atoms with Crippen LogP contribution in [0.1, 0.15) is 84.3 Å². The average molecular weight is 459 g/mol. The summed E-state index contributed by atoms with van der Waals surface area (Å²) in [5.74, 6) is 0.978. The number of carbonyl (C=O) groups excluding carboxylic acids is 2. The van der Waals surface area contributed by atoms with E-state index in [9.17, 15) is 14.7 Å². The van der Waals surface area contributed by atoms with Gasteiger partial charge in [-0.15, -0.1) is 0 Å². The molecule has 3 fully saturated rings. The van der Waals surface area contributed by atoms with Crippen LogP contribution in [0.5, 0.6) is 0 Å². The lowest BCUT2D eigenvalue weighted by atomic mass is 9.51. The van der Waals surface area contributed by atoms with Gasteiger partial charge in [0.25, 0.3) is 0 Å². The van der Waals surface area contributed by atoms with Crippen molar-refractivity contribution in [2.24, 2.45) is 35.0 Å². The van der Waals surface area contributed by atoms with Gasteiger partial charge in [0.2, 0.25) is 11.8 Å². The molecule has 1 aromatic heterocycles. The summed E-state index contributed by atoms with van der Waals surface area (Å²) in [6.07, 6.45) is 10.5. The number of hydrogen-bond donors (Lipinski definition) is 3. The molecule has 0 saturated heterocycles. The van der Waals surface area contributed by atoms with E-state index in [0.29, 0.717) is 6.54 Å². The van der Waals surface area contributed by atoms with Crippen LogP contribution in [-0.4, -0.2) is 29.1 Å². The van der Waals surface area contributed by atoms with E-state index in [2.05, 4.69) is 24.5 Å². The predicted molar refractivity (Wildman–Crippen MR) is 127 cm³/mol. The molecule has 3 N–H and O–H groups in total. The largest absolute Gasteiger partial charge is 0.467 e. The monoisotopic (exact) mass is 458 g/mol. The van der Waals surface area contributed by atoms with Crippen LogP contribution in [0.25, 0.3) is 0 Å². The Labute approximate surface area is 198 Å². The van der Waals surface area contributed by atoms with Crippen molar-refractivity contribution in [1.29, 1.82) is 0 Å². The first-order valence-electron chi connectivity index (χ1n) is 13.1. The summed E-state index contributed by atoms with van der Waals surface area (Å²) >= 11 is 0. The Bertz CT molecular complexity index is 803. The Morgan fingerprint density at radius 3 is 2.61 bits per heavy atom. The lowest BCUT2D eigenvalue weighted by molar-refractivity contribution is -0.144. The van der Waals surface area contributed by atoms with Gasteiger partial charge in [0.05, 0.1) is 18.9 Å². The van der Waals surface area contributed by atoms with Gasteiger partial charge in [0, 0.05) is 17.9 Å². The minimum atomic E-state index is -0.544. The van der Waals surface area contributed by atoms with Crippen molar-refractivity contribution >= 4 is 11.8 Å². The van der Waals surface area contributed by atoms with Crippen molar-refractivity contribution in [3.63, 3.8) is 0 Å². The molecule has 4 rings (SSSR count). The van der Waals surface area contributed by atoms with Crippen molar-refractivity contribution in [1.82, 2.24) is 10.6 Å². The summed E-state index contributed by atoms with van der Waals surface area (Å²) in [5.41, 5.74) is 0.0613. The molecule has 6 nitrogen and oxygen atoms in total. The molecule has 0 unspecified atom stereocenters. The smallest absolute Gasteiger partial charge is 0.223 e. The summed E-state index contributed by atoms with van der Waals surface area (Å²) in [5, 5.41) is 17.9. The number of hydrogen-bond acceptors (Lipinski definition) is 4. The Kier molecular flexibility index (Phi) is 7.52. The van der Waals surface area contributed by atoms with Gasteiger partial charge in [-0.2, -0.15) is 0 Å². The van der Waals surface area contributed by atoms with Crippen LogP contribution in [0.4, 0.5) is 0 Å². The van der Waals surface area contributed by atoms with Crippen LogP contribution in [0.2, 0.25) is 0 Å². The van der Waals surface area contributed by atoms with Crippen molar-refractivity contribution in [3.8, 4) is 0 Å². The standard InChI is InChI=1S/C27H42N2O4/c1-17(25(31)28-16-20-10-7-15-33-20)21-11-13-27(3)14-12-22(18(2)23(27)24(21)30)29-26(32)19-8-5-4-6-9-19/h7,10,15,17-19,21-24,30H,4-6,8-9,11-14,16H2,1-3H3,(H,28,31)(H,29,32)/t17-,18+,21-,22-,23+,24-,27-/m0/s1. The molecular weight excluding hydrogens is 416 g/mol. The van der Waals surface area contributed by atoms with E-state index in [1.54, 1.807) is 6.26 Å². The van der Waals surface area contributed by atoms with Gasteiger partial charge in [0.1, 0.15) is 5.76 Å². The SMILES string of the molecule is C[C@H]1[C@@H]2[C@@H](O)[C@H]([C@H](C)C(=O)NCc3ccco3)CC[C@@]2(C)CC[C@@H]1NC(=O)C1CCCCC1. The molecule has 0 bridgehead atoms. The zero-order valence-corrected chi connectivity index (χ0v) is 20.5. The van der Waals surface area contributed by atoms with E-state index in [1.807, 2.05) is 19.1 Å². The maximum Gasteiger partial charge on any atom is 0.223 e. The summed E-state index contributed by atoms with van der Waals surface area (Å²) in [6.45, 7) is 6.80. The number of carbonyl (C=O) groups is 2. The highest BCUT2D eigenvalue weighted by Gasteiger charge is 2.54. The normalized spacial score (nSPS) is 35.9. The molecule has 184 valence electrons. The molecule has 1 heterocycles. The predicted octanol–water partition coefficient (Wildman–Crippen LogP) is 4.42. The van der Waals surface area contributed by atoms with E-state index < -0.39 is 6.10 Å². The van der Waals surface area contributed by atoms with Gasteiger partial charge in [0.15, 0.2) is 0 Å². The molecule has 3 aliphatic rings. The second kappa shape index (κ2) is 10.2. The van der Waals surface area contributed by atoms with Gasteiger partial charge in [-0.3, -0.25) is 9.59 Å². The molecule has 0 aliphatic heterocycles. The molecule has 3 aliphatic carbocycles. The van der Waals surface area contributed by atoms with E-state index >= 15 is 0 Å².